The zero-order valence-electron chi connectivity index (χ0n) is 21.1. The highest BCUT2D eigenvalue weighted by atomic mass is 16.5. The molecule has 0 radical (unpaired) electrons. The lowest BCUT2D eigenvalue weighted by Crippen LogP contribution is -2.57. The van der Waals surface area contributed by atoms with Crippen LogP contribution in [0.25, 0.3) is 21.7 Å². The molecule has 0 aliphatic carbocycles. The van der Waals surface area contributed by atoms with E-state index in [1.54, 1.807) is 0 Å². The quantitative estimate of drug-likeness (QED) is 0.369. The van der Waals surface area contributed by atoms with Crippen LogP contribution < -0.4 is 0 Å². The third-order valence-electron chi connectivity index (χ3n) is 8.34. The average molecular weight is 494 g/mol. The summed E-state index contributed by atoms with van der Waals surface area (Å²) >= 11 is 0. The van der Waals surface area contributed by atoms with Crippen LogP contribution in [0.2, 0.25) is 0 Å². The molecule has 3 heterocycles. The lowest BCUT2D eigenvalue weighted by molar-refractivity contribution is -0.150. The van der Waals surface area contributed by atoms with Gasteiger partial charge in [-0.05, 0) is 46.9 Å². The molecule has 2 aliphatic heterocycles. The Morgan fingerprint density at radius 3 is 2.51 bits per heavy atom. The molecule has 2 saturated heterocycles. The fourth-order valence-electron chi connectivity index (χ4n) is 6.37. The van der Waals surface area contributed by atoms with E-state index in [4.69, 9.17) is 4.74 Å². The van der Waals surface area contributed by atoms with E-state index >= 15 is 0 Å². The minimum Gasteiger partial charge on any atom is -0.469 e. The SMILES string of the molecule is COC(=O)C1CC(=O)N(Cc2ccc3ccccc3c2)C12CCN(Cc1cccc3cccnc13)CC2. The average Bonchev–Trinajstić information content (AvgIpc) is 3.20. The van der Waals surface area contributed by atoms with Gasteiger partial charge in [0.1, 0.15) is 0 Å². The summed E-state index contributed by atoms with van der Waals surface area (Å²) in [7, 11) is 1.43. The van der Waals surface area contributed by atoms with E-state index in [2.05, 4.69) is 64.5 Å². The van der Waals surface area contributed by atoms with Crippen LogP contribution >= 0.6 is 0 Å². The first-order valence-electron chi connectivity index (χ1n) is 13.0. The fraction of sp³-hybridized carbons (Fsp3) is 0.323. The first-order valence-corrected chi connectivity index (χ1v) is 13.0. The predicted molar refractivity (Wildman–Crippen MR) is 144 cm³/mol. The van der Waals surface area contributed by atoms with Gasteiger partial charge in [0.2, 0.25) is 5.91 Å². The van der Waals surface area contributed by atoms with Crippen molar-refractivity contribution in [1.82, 2.24) is 14.8 Å². The smallest absolute Gasteiger partial charge is 0.311 e. The Morgan fingerprint density at radius 1 is 0.946 bits per heavy atom. The molecule has 2 fully saturated rings. The molecule has 0 N–H and O–H groups in total. The van der Waals surface area contributed by atoms with Crippen molar-refractivity contribution >= 4 is 33.6 Å². The number of para-hydroxylation sites is 1. The van der Waals surface area contributed by atoms with Gasteiger partial charge in [-0.1, -0.05) is 60.7 Å². The molecule has 6 rings (SSSR count). The Morgan fingerprint density at radius 2 is 1.70 bits per heavy atom. The number of amides is 1. The predicted octanol–water partition coefficient (Wildman–Crippen LogP) is 4.94. The van der Waals surface area contributed by atoms with E-state index in [0.29, 0.717) is 6.54 Å². The van der Waals surface area contributed by atoms with Crippen molar-refractivity contribution in [3.05, 3.63) is 90.1 Å². The zero-order chi connectivity index (χ0) is 25.4. The number of benzene rings is 3. The number of carbonyl (C=O) groups excluding carboxylic acids is 2. The van der Waals surface area contributed by atoms with Crippen molar-refractivity contribution in [3.8, 4) is 0 Å². The van der Waals surface area contributed by atoms with Crippen molar-refractivity contribution < 1.29 is 14.3 Å². The summed E-state index contributed by atoms with van der Waals surface area (Å²) < 4.78 is 5.20. The van der Waals surface area contributed by atoms with Gasteiger partial charge in [-0.25, -0.2) is 0 Å². The number of hydrogen-bond donors (Lipinski definition) is 0. The number of esters is 1. The Balaban J connectivity index is 1.26. The summed E-state index contributed by atoms with van der Waals surface area (Å²) in [6.45, 7) is 2.91. The van der Waals surface area contributed by atoms with Crippen LogP contribution in [0.15, 0.2) is 79.0 Å². The monoisotopic (exact) mass is 493 g/mol. The maximum atomic E-state index is 13.4. The highest BCUT2D eigenvalue weighted by Gasteiger charge is 2.56. The van der Waals surface area contributed by atoms with E-state index < -0.39 is 11.5 Å². The summed E-state index contributed by atoms with van der Waals surface area (Å²) in [6.07, 6.45) is 3.54. The van der Waals surface area contributed by atoms with Crippen molar-refractivity contribution in [2.75, 3.05) is 20.2 Å². The van der Waals surface area contributed by atoms with Crippen LogP contribution in [-0.4, -0.2) is 52.4 Å². The Bertz CT molecular complexity index is 1470. The van der Waals surface area contributed by atoms with Gasteiger partial charge in [-0.3, -0.25) is 19.5 Å². The van der Waals surface area contributed by atoms with Crippen LogP contribution in [0, 0.1) is 5.92 Å². The maximum Gasteiger partial charge on any atom is 0.311 e. The molecule has 1 spiro atoms. The maximum absolute atomic E-state index is 13.4. The summed E-state index contributed by atoms with van der Waals surface area (Å²) in [5, 5.41) is 3.48. The summed E-state index contributed by atoms with van der Waals surface area (Å²) in [5.74, 6) is -0.678. The summed E-state index contributed by atoms with van der Waals surface area (Å²) in [4.78, 5) is 35.3. The number of hydrogen-bond acceptors (Lipinski definition) is 5. The number of pyridine rings is 1. The minimum absolute atomic E-state index is 0.0373. The molecule has 4 aromatic rings. The third kappa shape index (κ3) is 4.25. The second-order valence-corrected chi connectivity index (χ2v) is 10.3. The molecule has 0 bridgehead atoms. The van der Waals surface area contributed by atoms with Gasteiger partial charge in [0, 0.05) is 44.2 Å². The molecule has 6 nitrogen and oxygen atoms in total. The molecule has 0 saturated carbocycles. The van der Waals surface area contributed by atoms with E-state index in [1.165, 1.54) is 18.1 Å². The standard InChI is InChI=1S/C31H31N3O3/c1-37-30(36)27-19-28(35)34(20-22-11-12-23-6-2-3-7-25(23)18-22)31(27)13-16-33(17-14-31)21-26-9-4-8-24-10-5-15-32-29(24)26/h2-12,15,18,27H,13-14,16-17,19-21H2,1H3. The summed E-state index contributed by atoms with van der Waals surface area (Å²) in [5.41, 5.74) is 2.80. The molecule has 1 aromatic heterocycles. The normalized spacial score (nSPS) is 19.6. The van der Waals surface area contributed by atoms with Crippen molar-refractivity contribution in [2.24, 2.45) is 5.92 Å². The van der Waals surface area contributed by atoms with E-state index in [9.17, 15) is 9.59 Å². The molecule has 1 amide bonds. The number of likely N-dealkylation sites (tertiary alicyclic amines) is 2. The van der Waals surface area contributed by atoms with E-state index in [-0.39, 0.29) is 18.3 Å². The van der Waals surface area contributed by atoms with E-state index in [0.717, 1.165) is 54.3 Å². The second-order valence-electron chi connectivity index (χ2n) is 10.3. The first kappa shape index (κ1) is 23.6. The Kier molecular flexibility index (Phi) is 6.13. The van der Waals surface area contributed by atoms with Gasteiger partial charge in [0.15, 0.2) is 0 Å². The highest BCUT2D eigenvalue weighted by molar-refractivity contribution is 5.89. The van der Waals surface area contributed by atoms with Crippen molar-refractivity contribution in [2.45, 2.75) is 37.9 Å². The molecule has 1 atom stereocenters. The van der Waals surface area contributed by atoms with Crippen LogP contribution in [0.4, 0.5) is 0 Å². The lowest BCUT2D eigenvalue weighted by atomic mass is 9.76. The Hall–Kier alpha value is -3.77. The molecular weight excluding hydrogens is 462 g/mol. The van der Waals surface area contributed by atoms with Gasteiger partial charge >= 0.3 is 5.97 Å². The summed E-state index contributed by atoms with van der Waals surface area (Å²) in [6, 6.07) is 25.0. The number of rotatable bonds is 5. The van der Waals surface area contributed by atoms with Crippen LogP contribution in [0.5, 0.6) is 0 Å². The topological polar surface area (TPSA) is 62.7 Å². The lowest BCUT2D eigenvalue weighted by Gasteiger charge is -2.47. The number of piperidine rings is 1. The molecule has 1 unspecified atom stereocenters. The van der Waals surface area contributed by atoms with Crippen LogP contribution in [0.1, 0.15) is 30.4 Å². The largest absolute Gasteiger partial charge is 0.469 e. The van der Waals surface area contributed by atoms with Crippen LogP contribution in [-0.2, 0) is 27.4 Å². The molecule has 6 heteroatoms. The first-order chi connectivity index (χ1) is 18.1. The van der Waals surface area contributed by atoms with E-state index in [1.807, 2.05) is 29.3 Å². The number of nitrogens with zero attached hydrogens (tertiary/aromatic N) is 3. The number of carbonyl (C=O) groups is 2. The van der Waals surface area contributed by atoms with Crippen molar-refractivity contribution in [1.29, 1.82) is 0 Å². The van der Waals surface area contributed by atoms with Gasteiger partial charge < -0.3 is 9.64 Å². The van der Waals surface area contributed by atoms with Gasteiger partial charge in [0.05, 0.1) is 24.1 Å². The van der Waals surface area contributed by atoms with Gasteiger partial charge in [-0.2, -0.15) is 0 Å². The highest BCUT2D eigenvalue weighted by Crippen LogP contribution is 2.45. The van der Waals surface area contributed by atoms with Gasteiger partial charge in [0.25, 0.3) is 0 Å². The fourth-order valence-corrected chi connectivity index (χ4v) is 6.37. The number of aromatic nitrogens is 1. The zero-order valence-corrected chi connectivity index (χ0v) is 21.1. The minimum atomic E-state index is -0.524. The molecule has 188 valence electrons. The number of fused-ring (bicyclic) bond motifs is 2. The number of methoxy groups -OCH3 is 1. The Labute approximate surface area is 216 Å². The molecular formula is C31H31N3O3. The molecule has 2 aliphatic rings. The molecule has 3 aromatic carbocycles. The van der Waals surface area contributed by atoms with Gasteiger partial charge in [-0.15, -0.1) is 0 Å². The molecule has 37 heavy (non-hydrogen) atoms. The van der Waals surface area contributed by atoms with Crippen molar-refractivity contribution in [3.63, 3.8) is 0 Å². The van der Waals surface area contributed by atoms with Crippen LogP contribution in [0.3, 0.4) is 0 Å². The number of ether oxygens (including phenoxy) is 1. The second kappa shape index (κ2) is 9.60. The third-order valence-corrected chi connectivity index (χ3v) is 8.34.